The molecule has 2 aliphatic carbocycles. The van der Waals surface area contributed by atoms with Gasteiger partial charge in [0, 0.05) is 12.1 Å². The molecule has 1 aromatic carbocycles. The summed E-state index contributed by atoms with van der Waals surface area (Å²) < 4.78 is 0. The lowest BCUT2D eigenvalue weighted by molar-refractivity contribution is -0.385. The van der Waals surface area contributed by atoms with Gasteiger partial charge in [0.2, 0.25) is 5.75 Å². The minimum atomic E-state index is -0.691. The Morgan fingerprint density at radius 1 is 1.35 bits per heavy atom. The molecule has 1 amide bonds. The number of hydrogen-bond donors (Lipinski definition) is 2. The smallest absolute Gasteiger partial charge is 0.311 e. The highest BCUT2D eigenvalue weighted by atomic mass is 16.6. The molecule has 2 N–H and O–H groups in total. The number of nitrogens with one attached hydrogen (secondary N) is 1. The van der Waals surface area contributed by atoms with Crippen molar-refractivity contribution in [3.05, 3.63) is 33.9 Å². The fourth-order valence-electron chi connectivity index (χ4n) is 3.53. The molecular formula is C14H16N2O4. The maximum absolute atomic E-state index is 12.2. The van der Waals surface area contributed by atoms with Gasteiger partial charge in [-0.15, -0.1) is 0 Å². The predicted molar refractivity (Wildman–Crippen MR) is 71.5 cm³/mol. The first-order chi connectivity index (χ1) is 9.56. The van der Waals surface area contributed by atoms with Gasteiger partial charge in [-0.25, -0.2) is 0 Å². The number of fused-ring (bicyclic) bond motifs is 2. The Kier molecular flexibility index (Phi) is 3.08. The van der Waals surface area contributed by atoms with Crippen LogP contribution in [0.25, 0.3) is 0 Å². The molecule has 2 bridgehead atoms. The van der Waals surface area contributed by atoms with Crippen molar-refractivity contribution in [1.29, 1.82) is 0 Å². The summed E-state index contributed by atoms with van der Waals surface area (Å²) in [5, 5.41) is 23.5. The number of hydrogen-bond acceptors (Lipinski definition) is 4. The topological polar surface area (TPSA) is 92.5 Å². The number of amides is 1. The summed E-state index contributed by atoms with van der Waals surface area (Å²) in [6.45, 7) is 0. The highest BCUT2D eigenvalue weighted by molar-refractivity contribution is 5.98. The number of aromatic hydroxyl groups is 1. The molecule has 106 valence electrons. The molecule has 0 aliphatic heterocycles. The Morgan fingerprint density at radius 3 is 2.75 bits per heavy atom. The highest BCUT2D eigenvalue weighted by Crippen LogP contribution is 2.44. The summed E-state index contributed by atoms with van der Waals surface area (Å²) in [6.07, 6.45) is 4.51. The summed E-state index contributed by atoms with van der Waals surface area (Å²) in [6, 6.07) is 4.14. The standard InChI is InChI=1S/C14H16N2O4/c17-13-10(2-1-3-12(13)16(19)20)14(18)15-11-7-8-4-5-9(11)6-8/h1-3,8-9,11,17H,4-7H2,(H,15,18). The third-order valence-corrected chi connectivity index (χ3v) is 4.51. The molecule has 0 aromatic heterocycles. The van der Waals surface area contributed by atoms with E-state index in [-0.39, 0.29) is 11.6 Å². The van der Waals surface area contributed by atoms with Crippen LogP contribution < -0.4 is 5.32 Å². The highest BCUT2D eigenvalue weighted by Gasteiger charge is 2.40. The van der Waals surface area contributed by atoms with Crippen LogP contribution in [0.15, 0.2) is 18.2 Å². The second-order valence-corrected chi connectivity index (χ2v) is 5.69. The van der Waals surface area contributed by atoms with Crippen molar-refractivity contribution < 1.29 is 14.8 Å². The zero-order chi connectivity index (χ0) is 14.3. The van der Waals surface area contributed by atoms with Gasteiger partial charge in [-0.1, -0.05) is 12.5 Å². The van der Waals surface area contributed by atoms with Crippen LogP contribution >= 0.6 is 0 Å². The van der Waals surface area contributed by atoms with Crippen molar-refractivity contribution in [3.8, 4) is 5.75 Å². The number of phenolic OH excluding ortho intramolecular Hbond substituents is 1. The van der Waals surface area contributed by atoms with Crippen LogP contribution in [0.1, 0.15) is 36.0 Å². The second-order valence-electron chi connectivity index (χ2n) is 5.69. The van der Waals surface area contributed by atoms with Gasteiger partial charge in [0.25, 0.3) is 5.91 Å². The molecule has 6 nitrogen and oxygen atoms in total. The van der Waals surface area contributed by atoms with Gasteiger partial charge in [-0.2, -0.15) is 0 Å². The zero-order valence-electron chi connectivity index (χ0n) is 10.9. The van der Waals surface area contributed by atoms with Crippen molar-refractivity contribution in [2.75, 3.05) is 0 Å². The van der Waals surface area contributed by atoms with Crippen molar-refractivity contribution in [2.45, 2.75) is 31.7 Å². The number of carbonyl (C=O) groups is 1. The number of nitro benzene ring substituents is 1. The first-order valence-corrected chi connectivity index (χ1v) is 6.83. The summed E-state index contributed by atoms with van der Waals surface area (Å²) in [7, 11) is 0. The van der Waals surface area contributed by atoms with E-state index in [2.05, 4.69) is 5.32 Å². The number of nitrogens with zero attached hydrogens (tertiary/aromatic N) is 1. The van der Waals surface area contributed by atoms with Gasteiger partial charge >= 0.3 is 5.69 Å². The number of carbonyl (C=O) groups excluding carboxylic acids is 1. The molecule has 3 rings (SSSR count). The van der Waals surface area contributed by atoms with E-state index in [4.69, 9.17) is 0 Å². The Morgan fingerprint density at radius 2 is 2.15 bits per heavy atom. The molecule has 3 atom stereocenters. The maximum atomic E-state index is 12.2. The Bertz CT molecular complexity index is 572. The van der Waals surface area contributed by atoms with E-state index < -0.39 is 22.3 Å². The van der Waals surface area contributed by atoms with Crippen molar-refractivity contribution >= 4 is 11.6 Å². The lowest BCUT2D eigenvalue weighted by Gasteiger charge is -2.23. The maximum Gasteiger partial charge on any atom is 0.311 e. The molecule has 0 heterocycles. The van der Waals surface area contributed by atoms with Crippen molar-refractivity contribution in [1.82, 2.24) is 5.32 Å². The Balaban J connectivity index is 1.77. The van der Waals surface area contributed by atoms with E-state index in [1.807, 2.05) is 0 Å². The van der Waals surface area contributed by atoms with Gasteiger partial charge in [0.15, 0.2) is 0 Å². The third kappa shape index (κ3) is 2.11. The van der Waals surface area contributed by atoms with Crippen LogP contribution in [-0.4, -0.2) is 22.0 Å². The fraction of sp³-hybridized carbons (Fsp3) is 0.500. The van der Waals surface area contributed by atoms with Crippen LogP contribution in [0.5, 0.6) is 5.75 Å². The van der Waals surface area contributed by atoms with Crippen LogP contribution in [0, 0.1) is 22.0 Å². The van der Waals surface area contributed by atoms with E-state index in [0.29, 0.717) is 11.8 Å². The normalized spacial score (nSPS) is 27.5. The summed E-state index contributed by atoms with van der Waals surface area (Å²) in [5.41, 5.74) is -0.465. The minimum absolute atomic E-state index is 0.0260. The number of nitro groups is 1. The third-order valence-electron chi connectivity index (χ3n) is 4.51. The van der Waals surface area contributed by atoms with E-state index in [0.717, 1.165) is 19.3 Å². The quantitative estimate of drug-likeness (QED) is 0.654. The number of para-hydroxylation sites is 1. The average Bonchev–Trinajstić information content (AvgIpc) is 3.00. The van der Waals surface area contributed by atoms with E-state index in [9.17, 15) is 20.0 Å². The molecular weight excluding hydrogens is 260 g/mol. The minimum Gasteiger partial charge on any atom is -0.502 e. The Hall–Kier alpha value is -2.11. The second kappa shape index (κ2) is 4.77. The SMILES string of the molecule is O=C(NC1CC2CCC1C2)c1cccc([N+](=O)[O-])c1O. The summed E-state index contributed by atoms with van der Waals surface area (Å²) in [5.74, 6) is 0.232. The van der Waals surface area contributed by atoms with Crippen molar-refractivity contribution in [2.24, 2.45) is 11.8 Å². The van der Waals surface area contributed by atoms with Crippen LogP contribution in [-0.2, 0) is 0 Å². The fourth-order valence-corrected chi connectivity index (χ4v) is 3.53. The Labute approximate surface area is 115 Å². The predicted octanol–water partition coefficient (Wildman–Crippen LogP) is 2.22. The molecule has 0 saturated heterocycles. The first-order valence-electron chi connectivity index (χ1n) is 6.83. The van der Waals surface area contributed by atoms with E-state index >= 15 is 0 Å². The van der Waals surface area contributed by atoms with Gasteiger partial charge < -0.3 is 10.4 Å². The van der Waals surface area contributed by atoms with Crippen LogP contribution in [0.3, 0.4) is 0 Å². The number of rotatable bonds is 3. The zero-order valence-corrected chi connectivity index (χ0v) is 10.9. The molecule has 20 heavy (non-hydrogen) atoms. The molecule has 1 aromatic rings. The van der Waals surface area contributed by atoms with E-state index in [1.165, 1.54) is 24.6 Å². The molecule has 0 radical (unpaired) electrons. The summed E-state index contributed by atoms with van der Waals surface area (Å²) in [4.78, 5) is 22.2. The molecule has 6 heteroatoms. The van der Waals surface area contributed by atoms with Gasteiger partial charge in [-0.05, 0) is 37.2 Å². The summed E-state index contributed by atoms with van der Waals surface area (Å²) >= 11 is 0. The van der Waals surface area contributed by atoms with Gasteiger partial charge in [0.05, 0.1) is 10.5 Å². The average molecular weight is 276 g/mol. The molecule has 0 spiro atoms. The van der Waals surface area contributed by atoms with Crippen LogP contribution in [0.4, 0.5) is 5.69 Å². The lowest BCUT2D eigenvalue weighted by atomic mass is 9.95. The number of benzene rings is 1. The monoisotopic (exact) mass is 276 g/mol. The largest absolute Gasteiger partial charge is 0.502 e. The van der Waals surface area contributed by atoms with Gasteiger partial charge in [-0.3, -0.25) is 14.9 Å². The molecule has 2 fully saturated rings. The first kappa shape index (κ1) is 12.9. The number of phenols is 1. The lowest BCUT2D eigenvalue weighted by Crippen LogP contribution is -2.38. The molecule has 2 aliphatic rings. The van der Waals surface area contributed by atoms with Crippen molar-refractivity contribution in [3.63, 3.8) is 0 Å². The molecule has 3 unspecified atom stereocenters. The van der Waals surface area contributed by atoms with Gasteiger partial charge in [0.1, 0.15) is 0 Å². The van der Waals surface area contributed by atoms with Crippen LogP contribution in [0.2, 0.25) is 0 Å². The molecule has 2 saturated carbocycles. The van der Waals surface area contributed by atoms with E-state index in [1.54, 1.807) is 0 Å².